The zero-order valence-electron chi connectivity index (χ0n) is 11.9. The Balaban J connectivity index is 2.46. The highest BCUT2D eigenvalue weighted by atomic mass is 16.2. The smallest absolute Gasteiger partial charge is 0.220 e. The quantitative estimate of drug-likeness (QED) is 0.813. The molecular weight excluding hydrogens is 228 g/mol. The van der Waals surface area contributed by atoms with Gasteiger partial charge < -0.3 is 10.2 Å². The Hall–Kier alpha value is -1.06. The third kappa shape index (κ3) is 4.31. The summed E-state index contributed by atoms with van der Waals surface area (Å²) < 4.78 is 0. The maximum absolute atomic E-state index is 11.8. The molecule has 1 N–H and O–H groups in total. The van der Waals surface area contributed by atoms with Gasteiger partial charge in [-0.05, 0) is 24.7 Å². The number of carbonyl (C=O) groups excluding carboxylic acids is 2. The molecule has 4 heteroatoms. The van der Waals surface area contributed by atoms with Crippen LogP contribution in [0.25, 0.3) is 0 Å². The van der Waals surface area contributed by atoms with Crippen LogP contribution in [0.3, 0.4) is 0 Å². The van der Waals surface area contributed by atoms with Gasteiger partial charge in [0, 0.05) is 33.0 Å². The van der Waals surface area contributed by atoms with E-state index in [-0.39, 0.29) is 11.8 Å². The lowest BCUT2D eigenvalue weighted by Gasteiger charge is -2.37. The van der Waals surface area contributed by atoms with Gasteiger partial charge in [0.1, 0.15) is 0 Å². The molecule has 18 heavy (non-hydrogen) atoms. The molecule has 1 aliphatic heterocycles. The minimum atomic E-state index is 0.155. The summed E-state index contributed by atoms with van der Waals surface area (Å²) in [6.07, 6.45) is 3.59. The SMILES string of the molecule is CCCNC(=O)C[C@@H]1CCN(C(C)=O)C[C@@H]1CC. The van der Waals surface area contributed by atoms with E-state index < -0.39 is 0 Å². The normalized spacial score (nSPS) is 23.8. The van der Waals surface area contributed by atoms with Crippen molar-refractivity contribution in [2.24, 2.45) is 11.8 Å². The first kappa shape index (κ1) is 15.0. The molecule has 104 valence electrons. The maximum Gasteiger partial charge on any atom is 0.220 e. The van der Waals surface area contributed by atoms with Crippen molar-refractivity contribution in [3.05, 3.63) is 0 Å². The molecule has 0 aromatic carbocycles. The van der Waals surface area contributed by atoms with Crippen LogP contribution in [0.2, 0.25) is 0 Å². The van der Waals surface area contributed by atoms with Crippen molar-refractivity contribution in [1.29, 1.82) is 0 Å². The van der Waals surface area contributed by atoms with E-state index in [0.717, 1.165) is 38.9 Å². The van der Waals surface area contributed by atoms with Gasteiger partial charge in [0.2, 0.25) is 11.8 Å². The summed E-state index contributed by atoms with van der Waals surface area (Å²) in [5.74, 6) is 1.22. The second-order valence-corrected chi connectivity index (χ2v) is 5.24. The Morgan fingerprint density at radius 1 is 1.28 bits per heavy atom. The molecule has 1 heterocycles. The Bertz CT molecular complexity index is 292. The molecule has 0 unspecified atom stereocenters. The molecule has 0 saturated carbocycles. The van der Waals surface area contributed by atoms with Gasteiger partial charge in [-0.3, -0.25) is 9.59 Å². The first-order valence-corrected chi connectivity index (χ1v) is 7.10. The first-order chi connectivity index (χ1) is 8.58. The molecule has 2 amide bonds. The third-order valence-electron chi connectivity index (χ3n) is 3.88. The van der Waals surface area contributed by atoms with Gasteiger partial charge in [-0.1, -0.05) is 20.3 Å². The highest BCUT2D eigenvalue weighted by Gasteiger charge is 2.30. The van der Waals surface area contributed by atoms with Crippen LogP contribution in [-0.4, -0.2) is 36.3 Å². The number of hydrogen-bond acceptors (Lipinski definition) is 2. The Morgan fingerprint density at radius 2 is 2.00 bits per heavy atom. The molecule has 4 nitrogen and oxygen atoms in total. The molecule has 1 saturated heterocycles. The number of amides is 2. The van der Waals surface area contributed by atoms with Crippen LogP contribution in [0.5, 0.6) is 0 Å². The first-order valence-electron chi connectivity index (χ1n) is 7.10. The molecule has 0 aliphatic carbocycles. The topological polar surface area (TPSA) is 49.4 Å². The van der Waals surface area contributed by atoms with E-state index in [1.54, 1.807) is 6.92 Å². The largest absolute Gasteiger partial charge is 0.356 e. The van der Waals surface area contributed by atoms with E-state index in [9.17, 15) is 9.59 Å². The van der Waals surface area contributed by atoms with Crippen molar-refractivity contribution in [3.8, 4) is 0 Å². The molecule has 0 bridgehead atoms. The van der Waals surface area contributed by atoms with Gasteiger partial charge in [-0.2, -0.15) is 0 Å². The van der Waals surface area contributed by atoms with Crippen molar-refractivity contribution in [3.63, 3.8) is 0 Å². The fourth-order valence-corrected chi connectivity index (χ4v) is 2.67. The number of nitrogens with zero attached hydrogens (tertiary/aromatic N) is 1. The summed E-state index contributed by atoms with van der Waals surface area (Å²) in [5, 5.41) is 2.94. The van der Waals surface area contributed by atoms with Crippen molar-refractivity contribution >= 4 is 11.8 Å². The van der Waals surface area contributed by atoms with E-state index in [4.69, 9.17) is 0 Å². The average Bonchev–Trinajstić information content (AvgIpc) is 2.36. The molecule has 1 fully saturated rings. The molecule has 0 aromatic heterocycles. The van der Waals surface area contributed by atoms with Gasteiger partial charge in [0.15, 0.2) is 0 Å². The fourth-order valence-electron chi connectivity index (χ4n) is 2.67. The molecule has 0 radical (unpaired) electrons. The lowest BCUT2D eigenvalue weighted by Crippen LogP contribution is -2.44. The highest BCUT2D eigenvalue weighted by molar-refractivity contribution is 5.76. The van der Waals surface area contributed by atoms with Gasteiger partial charge in [0.05, 0.1) is 0 Å². The van der Waals surface area contributed by atoms with E-state index in [1.807, 2.05) is 4.90 Å². The second-order valence-electron chi connectivity index (χ2n) is 5.24. The predicted octanol–water partition coefficient (Wildman–Crippen LogP) is 1.80. The molecule has 0 aromatic rings. The van der Waals surface area contributed by atoms with Crippen LogP contribution < -0.4 is 5.32 Å². The second kappa shape index (κ2) is 7.39. The van der Waals surface area contributed by atoms with Gasteiger partial charge in [-0.15, -0.1) is 0 Å². The summed E-state index contributed by atoms with van der Waals surface area (Å²) in [5.41, 5.74) is 0. The lowest BCUT2D eigenvalue weighted by molar-refractivity contribution is -0.132. The average molecular weight is 254 g/mol. The molecule has 1 rings (SSSR count). The van der Waals surface area contributed by atoms with Gasteiger partial charge in [-0.25, -0.2) is 0 Å². The van der Waals surface area contributed by atoms with Crippen LogP contribution in [-0.2, 0) is 9.59 Å². The van der Waals surface area contributed by atoms with Crippen molar-refractivity contribution in [2.45, 2.75) is 46.5 Å². The number of carbonyl (C=O) groups is 2. The standard InChI is InChI=1S/C14H26N2O2/c1-4-7-15-14(18)9-13-6-8-16(11(3)17)10-12(13)5-2/h12-13H,4-10H2,1-3H3,(H,15,18)/t12-,13-/m0/s1. The fraction of sp³-hybridized carbons (Fsp3) is 0.857. The highest BCUT2D eigenvalue weighted by Crippen LogP contribution is 2.28. The molecular formula is C14H26N2O2. The Kier molecular flexibility index (Phi) is 6.16. The number of likely N-dealkylation sites (tertiary alicyclic amines) is 1. The van der Waals surface area contributed by atoms with Crippen LogP contribution in [0, 0.1) is 11.8 Å². The van der Waals surface area contributed by atoms with Crippen molar-refractivity contribution in [1.82, 2.24) is 10.2 Å². The van der Waals surface area contributed by atoms with Gasteiger partial charge in [0.25, 0.3) is 0 Å². The summed E-state index contributed by atoms with van der Waals surface area (Å²) >= 11 is 0. The van der Waals surface area contributed by atoms with Crippen LogP contribution >= 0.6 is 0 Å². The van der Waals surface area contributed by atoms with Gasteiger partial charge >= 0.3 is 0 Å². The Labute approximate surface area is 110 Å². The third-order valence-corrected chi connectivity index (χ3v) is 3.88. The van der Waals surface area contributed by atoms with E-state index in [2.05, 4.69) is 19.2 Å². The van der Waals surface area contributed by atoms with Crippen LogP contribution in [0.4, 0.5) is 0 Å². The van der Waals surface area contributed by atoms with E-state index in [1.165, 1.54) is 0 Å². The molecule has 2 atom stereocenters. The summed E-state index contributed by atoms with van der Waals surface area (Å²) in [4.78, 5) is 25.0. The van der Waals surface area contributed by atoms with E-state index >= 15 is 0 Å². The van der Waals surface area contributed by atoms with E-state index in [0.29, 0.717) is 18.3 Å². The number of nitrogens with one attached hydrogen (secondary N) is 1. The molecule has 0 spiro atoms. The van der Waals surface area contributed by atoms with Crippen molar-refractivity contribution in [2.75, 3.05) is 19.6 Å². The number of piperidine rings is 1. The minimum absolute atomic E-state index is 0.155. The minimum Gasteiger partial charge on any atom is -0.356 e. The lowest BCUT2D eigenvalue weighted by atomic mass is 9.81. The zero-order chi connectivity index (χ0) is 13.5. The monoisotopic (exact) mass is 254 g/mol. The summed E-state index contributed by atoms with van der Waals surface area (Å²) in [7, 11) is 0. The molecule has 1 aliphatic rings. The predicted molar refractivity (Wildman–Crippen MR) is 72.1 cm³/mol. The van der Waals surface area contributed by atoms with Crippen LogP contribution in [0.1, 0.15) is 46.5 Å². The number of hydrogen-bond donors (Lipinski definition) is 1. The maximum atomic E-state index is 11.8. The Morgan fingerprint density at radius 3 is 2.56 bits per heavy atom. The summed E-state index contributed by atoms with van der Waals surface area (Å²) in [6, 6.07) is 0. The summed E-state index contributed by atoms with van der Waals surface area (Å²) in [6.45, 7) is 8.21. The van der Waals surface area contributed by atoms with Crippen molar-refractivity contribution < 1.29 is 9.59 Å². The zero-order valence-corrected chi connectivity index (χ0v) is 11.9. The van der Waals surface area contributed by atoms with Crippen LogP contribution in [0.15, 0.2) is 0 Å². The number of rotatable bonds is 5.